The molecule has 2 aliphatic rings. The van der Waals surface area contributed by atoms with Gasteiger partial charge in [-0.15, -0.1) is 0 Å². The molecule has 184 valence electrons. The molecular formula is C34H44N+. The molecule has 1 aliphatic heterocycles. The molecular weight excluding hydrogens is 422 g/mol. The number of rotatable bonds is 8. The van der Waals surface area contributed by atoms with Crippen LogP contribution in [0.15, 0.2) is 96.7 Å². The molecule has 1 heteroatoms. The van der Waals surface area contributed by atoms with Crippen LogP contribution >= 0.6 is 0 Å². The van der Waals surface area contributed by atoms with Crippen LogP contribution in [-0.4, -0.2) is 11.4 Å². The Labute approximate surface area is 214 Å². The Hall–Kier alpha value is -3.15. The van der Waals surface area contributed by atoms with Crippen LogP contribution in [0, 0.1) is 12.3 Å². The second-order valence-electron chi connectivity index (χ2n) is 9.53. The average molecular weight is 467 g/mol. The summed E-state index contributed by atoms with van der Waals surface area (Å²) in [6.07, 6.45) is 17.2. The summed E-state index contributed by atoms with van der Waals surface area (Å²) in [5.41, 5.74) is 12.0. The van der Waals surface area contributed by atoms with Gasteiger partial charge in [0.15, 0.2) is 5.41 Å². The second kappa shape index (κ2) is 12.5. The van der Waals surface area contributed by atoms with Gasteiger partial charge in [0.25, 0.3) is 5.71 Å². The molecule has 0 N–H and O–H groups in total. The van der Waals surface area contributed by atoms with E-state index in [9.17, 15) is 0 Å². The summed E-state index contributed by atoms with van der Waals surface area (Å²) in [6, 6.07) is 6.78. The van der Waals surface area contributed by atoms with Crippen molar-refractivity contribution in [2.24, 2.45) is 5.41 Å². The van der Waals surface area contributed by atoms with Gasteiger partial charge in [-0.25, -0.2) is 0 Å². The molecule has 1 aromatic carbocycles. The molecule has 0 saturated heterocycles. The Morgan fingerprint density at radius 1 is 1.09 bits per heavy atom. The molecule has 1 atom stereocenters. The van der Waals surface area contributed by atoms with Crippen molar-refractivity contribution in [1.29, 1.82) is 0 Å². The Kier molecular flexibility index (Phi) is 10.1. The van der Waals surface area contributed by atoms with Gasteiger partial charge in [0, 0.05) is 6.42 Å². The summed E-state index contributed by atoms with van der Waals surface area (Å²) >= 11 is 0. The zero-order chi connectivity index (χ0) is 26.2. The van der Waals surface area contributed by atoms with E-state index in [2.05, 4.69) is 83.9 Å². The second-order valence-corrected chi connectivity index (χ2v) is 9.53. The number of nitrogens with zero attached hydrogens (tertiary/aromatic N) is 1. The lowest BCUT2D eigenvalue weighted by Gasteiger charge is -2.29. The minimum atomic E-state index is 0.175. The summed E-state index contributed by atoms with van der Waals surface area (Å²) in [5.74, 6) is 0. The van der Waals surface area contributed by atoms with Crippen molar-refractivity contribution in [2.45, 2.75) is 74.1 Å². The topological polar surface area (TPSA) is 14.1 Å². The molecule has 0 radical (unpaired) electrons. The van der Waals surface area contributed by atoms with Gasteiger partial charge in [-0.1, -0.05) is 92.8 Å². The molecule has 1 heterocycles. The van der Waals surface area contributed by atoms with Crippen LogP contribution in [0.2, 0.25) is 0 Å². The number of benzene rings is 1. The van der Waals surface area contributed by atoms with Gasteiger partial charge < -0.3 is 0 Å². The highest BCUT2D eigenvalue weighted by atomic mass is 14.8. The zero-order valence-corrected chi connectivity index (χ0v) is 23.1. The lowest BCUT2D eigenvalue weighted by Crippen LogP contribution is -2.49. The average Bonchev–Trinajstić information content (AvgIpc) is 2.83. The number of hydrogen-bond acceptors (Lipinski definition) is 0. The van der Waals surface area contributed by atoms with Crippen molar-refractivity contribution >= 4 is 17.0 Å². The fourth-order valence-corrected chi connectivity index (χ4v) is 4.93. The minimum Gasteiger partial charge on any atom is -0.0990 e. The first-order chi connectivity index (χ1) is 16.7. The smallest absolute Gasteiger partial charge is 0.0990 e. The lowest BCUT2D eigenvalue weighted by atomic mass is 9.66. The molecule has 35 heavy (non-hydrogen) atoms. The number of allylic oxidation sites excluding steroid dienone is 11. The van der Waals surface area contributed by atoms with E-state index in [0.29, 0.717) is 0 Å². The van der Waals surface area contributed by atoms with Crippen LogP contribution in [0.4, 0.5) is 0 Å². The van der Waals surface area contributed by atoms with E-state index in [1.807, 2.05) is 39.0 Å². The molecule has 1 unspecified atom stereocenters. The molecule has 1 nitrogen and oxygen atoms in total. The zero-order valence-electron chi connectivity index (χ0n) is 23.1. The maximum absolute atomic E-state index is 4.94. The van der Waals surface area contributed by atoms with Crippen molar-refractivity contribution < 1.29 is 0 Å². The molecule has 1 aromatic rings. The molecule has 0 amide bonds. The SMILES string of the molecule is C=C/C=C(/C(=C/C)C(=C)/C(C)=C/C=C\C(=C)C)c1ccc(C2=[N+]=C3CCCCC32C)cc1C.CC. The molecule has 0 bridgehead atoms. The maximum atomic E-state index is 4.94. The number of aryl methyl sites for hydroxylation is 1. The van der Waals surface area contributed by atoms with Crippen LogP contribution in [0.25, 0.3) is 5.57 Å². The van der Waals surface area contributed by atoms with Gasteiger partial charge in [-0.05, 0) is 93.0 Å². The first kappa shape index (κ1) is 28.1. The van der Waals surface area contributed by atoms with E-state index in [-0.39, 0.29) is 5.41 Å². The highest BCUT2D eigenvalue weighted by Crippen LogP contribution is 2.40. The van der Waals surface area contributed by atoms with Gasteiger partial charge in [-0.3, -0.25) is 0 Å². The van der Waals surface area contributed by atoms with Gasteiger partial charge in [-0.2, -0.15) is 0 Å². The number of hydrogen-bond donors (Lipinski definition) is 0. The Morgan fingerprint density at radius 3 is 2.37 bits per heavy atom. The number of fused-ring (bicyclic) bond motifs is 1. The van der Waals surface area contributed by atoms with Gasteiger partial charge in [0.1, 0.15) is 0 Å². The lowest BCUT2D eigenvalue weighted by molar-refractivity contribution is 0.469. The standard InChI is InChI=1S/C32H38N.C2H6/c1-9-14-29(27(10-2)25(7)23(5)16-13-15-22(3)4)28-19-18-26(21-24(28)6)31-32(8)20-12-11-17-30(32)33-31;1-2/h9-10,13-16,18-19,21H,1,3,7,11-12,17,20H2,2,4-6,8H3;1-2H3/q+1;/b15-13-,23-16+,27-10+,29-14-;. The Morgan fingerprint density at radius 2 is 1.80 bits per heavy atom. The van der Waals surface area contributed by atoms with E-state index in [4.69, 9.17) is 4.67 Å². The van der Waals surface area contributed by atoms with Gasteiger partial charge >= 0.3 is 5.71 Å². The largest absolute Gasteiger partial charge is 0.328 e. The first-order valence-electron chi connectivity index (χ1n) is 13.0. The summed E-state index contributed by atoms with van der Waals surface area (Å²) in [5, 5.41) is 0. The maximum Gasteiger partial charge on any atom is 0.328 e. The van der Waals surface area contributed by atoms with Crippen LogP contribution in [0.5, 0.6) is 0 Å². The van der Waals surface area contributed by atoms with Crippen molar-refractivity contribution in [3.63, 3.8) is 0 Å². The summed E-state index contributed by atoms with van der Waals surface area (Å²) < 4.78 is 4.94. The third-order valence-corrected chi connectivity index (χ3v) is 6.93. The molecule has 3 rings (SSSR count). The molecule has 1 saturated carbocycles. The molecule has 1 fully saturated rings. The highest BCUT2D eigenvalue weighted by Gasteiger charge is 2.56. The third-order valence-electron chi connectivity index (χ3n) is 6.93. The van der Waals surface area contributed by atoms with Crippen LogP contribution in [-0.2, 0) is 0 Å². The highest BCUT2D eigenvalue weighted by molar-refractivity contribution is 6.25. The predicted molar refractivity (Wildman–Crippen MR) is 159 cm³/mol. The molecule has 0 spiro atoms. The predicted octanol–water partition coefficient (Wildman–Crippen LogP) is 9.06. The minimum absolute atomic E-state index is 0.175. The normalized spacial score (nSPS) is 20.1. The third kappa shape index (κ3) is 6.11. The quantitative estimate of drug-likeness (QED) is 0.268. The van der Waals surface area contributed by atoms with Gasteiger partial charge in [0.2, 0.25) is 0 Å². The monoisotopic (exact) mass is 466 g/mol. The van der Waals surface area contributed by atoms with Crippen molar-refractivity contribution in [2.75, 3.05) is 0 Å². The molecule has 1 aliphatic carbocycles. The fourth-order valence-electron chi connectivity index (χ4n) is 4.93. The van der Waals surface area contributed by atoms with E-state index in [1.54, 1.807) is 0 Å². The van der Waals surface area contributed by atoms with Crippen LogP contribution in [0.3, 0.4) is 0 Å². The van der Waals surface area contributed by atoms with E-state index >= 15 is 0 Å². The Balaban J connectivity index is 0.00000210. The van der Waals surface area contributed by atoms with Crippen molar-refractivity contribution in [1.82, 2.24) is 4.67 Å². The van der Waals surface area contributed by atoms with Crippen molar-refractivity contribution in [3.8, 4) is 0 Å². The van der Waals surface area contributed by atoms with Crippen LogP contribution in [0.1, 0.15) is 83.9 Å². The van der Waals surface area contributed by atoms with E-state index in [0.717, 1.165) is 34.3 Å². The summed E-state index contributed by atoms with van der Waals surface area (Å²) in [4.78, 5) is 0. The van der Waals surface area contributed by atoms with Crippen LogP contribution < -0.4 is 4.67 Å². The summed E-state index contributed by atoms with van der Waals surface area (Å²) in [7, 11) is 0. The molecule has 0 aromatic heterocycles. The van der Waals surface area contributed by atoms with E-state index in [1.165, 1.54) is 47.4 Å². The fraction of sp³-hybridized carbons (Fsp3) is 0.353. The summed E-state index contributed by atoms with van der Waals surface area (Å²) in [6.45, 7) is 27.0. The first-order valence-corrected chi connectivity index (χ1v) is 13.0. The van der Waals surface area contributed by atoms with Gasteiger partial charge in [0.05, 0.1) is 5.56 Å². The van der Waals surface area contributed by atoms with Crippen molar-refractivity contribution in [3.05, 3.63) is 113 Å². The van der Waals surface area contributed by atoms with E-state index < -0.39 is 0 Å². The Bertz CT molecular complexity index is 1180.